The lowest BCUT2D eigenvalue weighted by Gasteiger charge is -2.15. The highest BCUT2D eigenvalue weighted by Gasteiger charge is 2.30. The third-order valence-corrected chi connectivity index (χ3v) is 5.78. The van der Waals surface area contributed by atoms with E-state index in [0.717, 1.165) is 46.1 Å². The molecule has 0 atom stereocenters. The first kappa shape index (κ1) is 18.6. The third kappa shape index (κ3) is 3.28. The van der Waals surface area contributed by atoms with Crippen LogP contribution in [0.3, 0.4) is 0 Å². The maximum Gasteiger partial charge on any atom is 0.321 e. The van der Waals surface area contributed by atoms with E-state index in [1.54, 1.807) is 0 Å². The molecule has 0 radical (unpaired) electrons. The Morgan fingerprint density at radius 2 is 2.14 bits per heavy atom. The molecule has 0 fully saturated rings. The molecule has 3 aromatic heterocycles. The van der Waals surface area contributed by atoms with Crippen molar-refractivity contribution in [1.82, 2.24) is 25.1 Å². The first-order valence-electron chi connectivity index (χ1n) is 9.57. The van der Waals surface area contributed by atoms with E-state index in [9.17, 15) is 4.79 Å². The zero-order valence-electron chi connectivity index (χ0n) is 16.5. The number of urea groups is 1. The maximum absolute atomic E-state index is 11.9. The SMILES string of the molecule is CCNC(=O)Nc1nc2c(s1)-c1c(c(-c3ccc(C)nc3)nn1C(C)C)CC2. The van der Waals surface area contributed by atoms with Crippen LogP contribution in [-0.4, -0.2) is 32.3 Å². The van der Waals surface area contributed by atoms with E-state index in [2.05, 4.69) is 45.2 Å². The zero-order chi connectivity index (χ0) is 19.8. The summed E-state index contributed by atoms with van der Waals surface area (Å²) in [6, 6.07) is 4.09. The predicted octanol–water partition coefficient (Wildman–Crippen LogP) is 4.20. The van der Waals surface area contributed by atoms with Crippen molar-refractivity contribution in [3.63, 3.8) is 0 Å². The van der Waals surface area contributed by atoms with E-state index in [4.69, 9.17) is 5.10 Å². The molecule has 0 spiro atoms. The summed E-state index contributed by atoms with van der Waals surface area (Å²) in [6.45, 7) is 8.72. The predicted molar refractivity (Wildman–Crippen MR) is 112 cm³/mol. The van der Waals surface area contributed by atoms with Gasteiger partial charge in [0.2, 0.25) is 0 Å². The number of hydrogen-bond acceptors (Lipinski definition) is 5. The smallest absolute Gasteiger partial charge is 0.321 e. The highest BCUT2D eigenvalue weighted by Crippen LogP contribution is 2.43. The molecule has 0 saturated heterocycles. The highest BCUT2D eigenvalue weighted by atomic mass is 32.1. The molecular weight excluding hydrogens is 372 g/mol. The number of amides is 2. The monoisotopic (exact) mass is 396 g/mol. The Kier molecular flexibility index (Phi) is 4.89. The quantitative estimate of drug-likeness (QED) is 0.692. The van der Waals surface area contributed by atoms with Gasteiger partial charge in [0.25, 0.3) is 0 Å². The van der Waals surface area contributed by atoms with E-state index >= 15 is 0 Å². The van der Waals surface area contributed by atoms with Crippen LogP contribution < -0.4 is 10.6 Å². The first-order valence-corrected chi connectivity index (χ1v) is 10.4. The number of pyridine rings is 1. The molecular formula is C20H24N6OS. The number of aryl methyl sites for hydroxylation is 2. The topological polar surface area (TPSA) is 84.7 Å². The Balaban J connectivity index is 1.79. The lowest BCUT2D eigenvalue weighted by atomic mass is 9.95. The van der Waals surface area contributed by atoms with Crippen LogP contribution in [-0.2, 0) is 12.8 Å². The van der Waals surface area contributed by atoms with Gasteiger partial charge >= 0.3 is 6.03 Å². The summed E-state index contributed by atoms with van der Waals surface area (Å²) in [5.41, 5.74) is 6.41. The minimum Gasteiger partial charge on any atom is -0.338 e. The molecule has 4 rings (SSSR count). The fourth-order valence-corrected chi connectivity index (χ4v) is 4.54. The minimum absolute atomic E-state index is 0.216. The molecule has 3 aromatic rings. The van der Waals surface area contributed by atoms with Crippen molar-refractivity contribution in [1.29, 1.82) is 0 Å². The number of hydrogen-bond donors (Lipinski definition) is 2. The lowest BCUT2D eigenvalue weighted by molar-refractivity contribution is 0.252. The Morgan fingerprint density at radius 3 is 2.82 bits per heavy atom. The Labute approximate surface area is 168 Å². The van der Waals surface area contributed by atoms with Gasteiger partial charge in [0.05, 0.1) is 22.0 Å². The van der Waals surface area contributed by atoms with Gasteiger partial charge in [0, 0.05) is 35.6 Å². The molecule has 0 unspecified atom stereocenters. The lowest BCUT2D eigenvalue weighted by Crippen LogP contribution is -2.28. The number of nitrogens with one attached hydrogen (secondary N) is 2. The van der Waals surface area contributed by atoms with Gasteiger partial charge in [0.1, 0.15) is 0 Å². The summed E-state index contributed by atoms with van der Waals surface area (Å²) in [5.74, 6) is 0. The molecule has 7 nitrogen and oxygen atoms in total. The number of nitrogens with zero attached hydrogens (tertiary/aromatic N) is 4. The molecule has 1 aliphatic carbocycles. The zero-order valence-corrected chi connectivity index (χ0v) is 17.4. The van der Waals surface area contributed by atoms with E-state index in [0.29, 0.717) is 11.7 Å². The molecule has 0 aromatic carbocycles. The summed E-state index contributed by atoms with van der Waals surface area (Å²) < 4.78 is 2.08. The number of anilines is 1. The summed E-state index contributed by atoms with van der Waals surface area (Å²) in [6.07, 6.45) is 3.61. The molecule has 0 aliphatic heterocycles. The Bertz CT molecular complexity index is 1020. The number of aromatic nitrogens is 4. The fourth-order valence-electron chi connectivity index (χ4n) is 3.46. The van der Waals surface area contributed by atoms with Gasteiger partial charge in [-0.25, -0.2) is 9.78 Å². The molecule has 0 saturated carbocycles. The van der Waals surface area contributed by atoms with Crippen molar-refractivity contribution in [3.8, 4) is 21.8 Å². The molecule has 2 amide bonds. The van der Waals surface area contributed by atoms with Gasteiger partial charge in [0.15, 0.2) is 5.13 Å². The van der Waals surface area contributed by atoms with Gasteiger partial charge in [-0.05, 0) is 52.7 Å². The van der Waals surface area contributed by atoms with Gasteiger partial charge in [-0.3, -0.25) is 15.0 Å². The normalized spacial score (nSPS) is 12.6. The van der Waals surface area contributed by atoms with Crippen LogP contribution in [0.4, 0.5) is 9.93 Å². The number of rotatable bonds is 4. The maximum atomic E-state index is 11.9. The number of thiazole rings is 1. The second kappa shape index (κ2) is 7.35. The largest absolute Gasteiger partial charge is 0.338 e. The molecule has 0 bridgehead atoms. The fraction of sp³-hybridized carbons (Fsp3) is 0.400. The summed E-state index contributed by atoms with van der Waals surface area (Å²) >= 11 is 1.52. The summed E-state index contributed by atoms with van der Waals surface area (Å²) in [5, 5.41) is 11.2. The van der Waals surface area contributed by atoms with Crippen LogP contribution in [0.25, 0.3) is 21.8 Å². The second-order valence-corrected chi connectivity index (χ2v) is 8.18. The van der Waals surface area contributed by atoms with Crippen LogP contribution in [0, 0.1) is 6.92 Å². The summed E-state index contributed by atoms with van der Waals surface area (Å²) in [7, 11) is 0. The Hall–Kier alpha value is -2.74. The van der Waals surface area contributed by atoms with Crippen molar-refractivity contribution in [2.75, 3.05) is 11.9 Å². The average Bonchev–Trinajstić information content (AvgIpc) is 3.23. The molecule has 2 N–H and O–H groups in total. The van der Waals surface area contributed by atoms with Crippen molar-refractivity contribution in [3.05, 3.63) is 35.3 Å². The van der Waals surface area contributed by atoms with Gasteiger partial charge in [-0.15, -0.1) is 0 Å². The number of fused-ring (bicyclic) bond motifs is 3. The Morgan fingerprint density at radius 1 is 1.32 bits per heavy atom. The van der Waals surface area contributed by atoms with E-state index in [-0.39, 0.29) is 12.1 Å². The second-order valence-electron chi connectivity index (χ2n) is 7.18. The first-order chi connectivity index (χ1) is 13.5. The van der Waals surface area contributed by atoms with Gasteiger partial charge in [-0.1, -0.05) is 11.3 Å². The molecule has 8 heteroatoms. The van der Waals surface area contributed by atoms with Crippen LogP contribution >= 0.6 is 11.3 Å². The van der Waals surface area contributed by atoms with Crippen molar-refractivity contribution in [2.45, 2.75) is 46.6 Å². The molecule has 3 heterocycles. The highest BCUT2D eigenvalue weighted by molar-refractivity contribution is 7.19. The third-order valence-electron chi connectivity index (χ3n) is 4.76. The standard InChI is InChI=1S/C20H24N6OS/c1-5-21-19(27)24-20-23-15-9-8-14-16(13-7-6-12(4)22-10-13)25-26(11(2)3)17(14)18(15)28-20/h6-7,10-11H,5,8-9H2,1-4H3,(H2,21,23,24,27). The number of carbonyl (C=O) groups excluding carboxylic acids is 1. The van der Waals surface area contributed by atoms with E-state index < -0.39 is 0 Å². The van der Waals surface area contributed by atoms with Crippen LogP contribution in [0.2, 0.25) is 0 Å². The molecule has 28 heavy (non-hydrogen) atoms. The van der Waals surface area contributed by atoms with Gasteiger partial charge in [-0.2, -0.15) is 5.10 Å². The summed E-state index contributed by atoms with van der Waals surface area (Å²) in [4.78, 5) is 22.1. The van der Waals surface area contributed by atoms with Crippen molar-refractivity contribution >= 4 is 22.5 Å². The molecule has 146 valence electrons. The van der Waals surface area contributed by atoms with Crippen LogP contribution in [0.1, 0.15) is 43.8 Å². The van der Waals surface area contributed by atoms with Gasteiger partial charge < -0.3 is 5.32 Å². The molecule has 1 aliphatic rings. The average molecular weight is 397 g/mol. The van der Waals surface area contributed by atoms with Crippen LogP contribution in [0.15, 0.2) is 18.3 Å². The van der Waals surface area contributed by atoms with Crippen molar-refractivity contribution < 1.29 is 4.79 Å². The number of carbonyl (C=O) groups is 1. The minimum atomic E-state index is -0.224. The van der Waals surface area contributed by atoms with E-state index in [1.165, 1.54) is 16.9 Å². The van der Waals surface area contributed by atoms with Crippen molar-refractivity contribution in [2.24, 2.45) is 0 Å². The van der Waals surface area contributed by atoms with E-state index in [1.807, 2.05) is 26.1 Å². The van der Waals surface area contributed by atoms with Crippen LogP contribution in [0.5, 0.6) is 0 Å².